The van der Waals surface area contributed by atoms with Crippen LogP contribution >= 0.6 is 23.4 Å². The van der Waals surface area contributed by atoms with Gasteiger partial charge in [-0.25, -0.2) is 0 Å². The number of aryl methyl sites for hydroxylation is 1. The molecule has 30 heavy (non-hydrogen) atoms. The summed E-state index contributed by atoms with van der Waals surface area (Å²) in [6, 6.07) is 15.1. The zero-order valence-corrected chi connectivity index (χ0v) is 18.2. The number of rotatable bonds is 4. The van der Waals surface area contributed by atoms with Gasteiger partial charge in [-0.3, -0.25) is 9.59 Å². The van der Waals surface area contributed by atoms with Gasteiger partial charge in [-0.2, -0.15) is 0 Å². The van der Waals surface area contributed by atoms with Gasteiger partial charge < -0.3 is 15.3 Å². The van der Waals surface area contributed by atoms with Gasteiger partial charge in [0.2, 0.25) is 11.8 Å². The Balaban J connectivity index is 1.29. The maximum absolute atomic E-state index is 12.7. The van der Waals surface area contributed by atoms with Crippen LogP contribution in [-0.4, -0.2) is 45.9 Å². The molecule has 0 saturated carbocycles. The van der Waals surface area contributed by atoms with Crippen LogP contribution in [0.1, 0.15) is 30.4 Å². The Morgan fingerprint density at radius 2 is 1.87 bits per heavy atom. The van der Waals surface area contributed by atoms with Crippen LogP contribution in [-0.2, 0) is 21.6 Å². The first-order chi connectivity index (χ1) is 14.4. The lowest BCUT2D eigenvalue weighted by atomic mass is 9.84. The molecule has 2 aliphatic heterocycles. The number of fused-ring (bicyclic) bond motifs is 1. The Morgan fingerprint density at radius 3 is 2.60 bits per heavy atom. The molecule has 0 unspecified atom stereocenters. The quantitative estimate of drug-likeness (QED) is 0.751. The van der Waals surface area contributed by atoms with E-state index in [2.05, 4.69) is 5.32 Å². The number of nitrogens with zero attached hydrogens (tertiary/aromatic N) is 1. The van der Waals surface area contributed by atoms with Crippen molar-refractivity contribution >= 4 is 40.9 Å². The molecule has 1 fully saturated rings. The molecular weight excluding hydrogens is 420 g/mol. The number of carbonyl (C=O) groups excluding carboxylic acids is 2. The topological polar surface area (TPSA) is 69.6 Å². The molecule has 0 aromatic heterocycles. The van der Waals surface area contributed by atoms with Crippen LogP contribution in [0.2, 0.25) is 5.02 Å². The van der Waals surface area contributed by atoms with Crippen molar-refractivity contribution in [2.45, 2.75) is 36.5 Å². The monoisotopic (exact) mass is 444 g/mol. The van der Waals surface area contributed by atoms with E-state index in [-0.39, 0.29) is 22.8 Å². The van der Waals surface area contributed by atoms with Crippen LogP contribution in [0.15, 0.2) is 48.5 Å². The number of hydrogen-bond donors (Lipinski definition) is 2. The van der Waals surface area contributed by atoms with Crippen LogP contribution in [0, 0.1) is 0 Å². The highest BCUT2D eigenvalue weighted by molar-refractivity contribution is 8.01. The van der Waals surface area contributed by atoms with Crippen molar-refractivity contribution in [2.24, 2.45) is 0 Å². The van der Waals surface area contributed by atoms with Crippen LogP contribution < -0.4 is 5.32 Å². The van der Waals surface area contributed by atoms with Crippen molar-refractivity contribution in [3.63, 3.8) is 0 Å². The van der Waals surface area contributed by atoms with Crippen LogP contribution in [0.5, 0.6) is 0 Å². The molecule has 1 atom stereocenters. The summed E-state index contributed by atoms with van der Waals surface area (Å²) in [6.45, 7) is 1.00. The summed E-state index contributed by atoms with van der Waals surface area (Å²) < 4.78 is 0. The second kappa shape index (κ2) is 9.00. The molecule has 0 aliphatic carbocycles. The van der Waals surface area contributed by atoms with E-state index in [0.29, 0.717) is 31.0 Å². The zero-order chi connectivity index (χ0) is 21.1. The van der Waals surface area contributed by atoms with Crippen LogP contribution in [0.3, 0.4) is 0 Å². The zero-order valence-electron chi connectivity index (χ0n) is 16.6. The van der Waals surface area contributed by atoms with Gasteiger partial charge in [0.25, 0.3) is 0 Å². The summed E-state index contributed by atoms with van der Waals surface area (Å²) in [5.41, 5.74) is 1.91. The number of anilines is 1. The van der Waals surface area contributed by atoms with Crippen molar-refractivity contribution in [3.05, 3.63) is 64.7 Å². The number of nitrogens with one attached hydrogen (secondary N) is 1. The lowest BCUT2D eigenvalue weighted by Crippen LogP contribution is -2.46. The minimum Gasteiger partial charge on any atom is -0.385 e. The molecule has 2 aliphatic rings. The molecule has 1 saturated heterocycles. The number of halogens is 1. The van der Waals surface area contributed by atoms with Crippen molar-refractivity contribution in [2.75, 3.05) is 24.2 Å². The fraction of sp³-hybridized carbons (Fsp3) is 0.391. The van der Waals surface area contributed by atoms with E-state index >= 15 is 0 Å². The molecule has 158 valence electrons. The van der Waals surface area contributed by atoms with Crippen molar-refractivity contribution < 1.29 is 14.7 Å². The molecule has 2 N–H and O–H groups in total. The summed E-state index contributed by atoms with van der Waals surface area (Å²) in [4.78, 5) is 27.0. The summed E-state index contributed by atoms with van der Waals surface area (Å²) in [6.07, 6.45) is 2.52. The smallest absolute Gasteiger partial charge is 0.237 e. The normalized spacial score (nSPS) is 20.8. The highest BCUT2D eigenvalue weighted by atomic mass is 35.5. The van der Waals surface area contributed by atoms with Gasteiger partial charge in [-0.15, -0.1) is 11.8 Å². The number of thioether (sulfide) groups is 1. The van der Waals surface area contributed by atoms with Gasteiger partial charge in [0.15, 0.2) is 0 Å². The molecule has 5 nitrogen and oxygen atoms in total. The lowest BCUT2D eigenvalue weighted by molar-refractivity contribution is -0.132. The standard InChI is InChI=1S/C23H25ClN2O3S/c24-18-8-6-17(7-9-18)23(29)11-13-26(14-12-23)21(27)15-30-20-10-5-16-3-1-2-4-19(16)25-22(20)28/h1-4,6-9,20,29H,5,10-15H2,(H,25,28)/t20-/m1/s1. The minimum atomic E-state index is -0.929. The number of aliphatic hydroxyl groups is 1. The van der Waals surface area contributed by atoms with E-state index in [9.17, 15) is 14.7 Å². The van der Waals surface area contributed by atoms with Crippen molar-refractivity contribution in [3.8, 4) is 0 Å². The third-order valence-electron chi connectivity index (χ3n) is 5.98. The third-order valence-corrected chi connectivity index (χ3v) is 7.49. The first-order valence-corrected chi connectivity index (χ1v) is 11.6. The van der Waals surface area contributed by atoms with Gasteiger partial charge in [-0.05, 0) is 55.0 Å². The van der Waals surface area contributed by atoms with Gasteiger partial charge in [-0.1, -0.05) is 41.9 Å². The van der Waals surface area contributed by atoms with Gasteiger partial charge in [0.1, 0.15) is 0 Å². The number of hydrogen-bond acceptors (Lipinski definition) is 4. The van der Waals surface area contributed by atoms with Crippen LogP contribution in [0.25, 0.3) is 0 Å². The van der Waals surface area contributed by atoms with E-state index in [4.69, 9.17) is 11.6 Å². The second-order valence-electron chi connectivity index (χ2n) is 7.90. The fourth-order valence-corrected chi connectivity index (χ4v) is 5.24. The third kappa shape index (κ3) is 4.66. The molecule has 0 bridgehead atoms. The molecule has 2 heterocycles. The van der Waals surface area contributed by atoms with Crippen LogP contribution in [0.4, 0.5) is 5.69 Å². The summed E-state index contributed by atoms with van der Waals surface area (Å²) in [5.74, 6) is 0.259. The van der Waals surface area contributed by atoms with E-state index in [1.807, 2.05) is 36.4 Å². The van der Waals surface area contributed by atoms with Gasteiger partial charge >= 0.3 is 0 Å². The van der Waals surface area contributed by atoms with Gasteiger partial charge in [0, 0.05) is 23.8 Å². The maximum atomic E-state index is 12.7. The fourth-order valence-electron chi connectivity index (χ4n) is 4.09. The molecule has 2 aromatic carbocycles. The Hall–Kier alpha value is -2.02. The molecule has 4 rings (SSSR count). The average molecular weight is 445 g/mol. The van der Waals surface area contributed by atoms with Gasteiger partial charge in [0.05, 0.1) is 16.6 Å². The van der Waals surface area contributed by atoms with Crippen molar-refractivity contribution in [1.29, 1.82) is 0 Å². The number of amides is 2. The highest BCUT2D eigenvalue weighted by Crippen LogP contribution is 2.34. The van der Waals surface area contributed by atoms with E-state index in [0.717, 1.165) is 29.7 Å². The Morgan fingerprint density at radius 1 is 1.17 bits per heavy atom. The average Bonchev–Trinajstić information content (AvgIpc) is 2.91. The molecule has 2 aromatic rings. The highest BCUT2D eigenvalue weighted by Gasteiger charge is 2.35. The number of likely N-dealkylation sites (tertiary alicyclic amines) is 1. The molecule has 2 amide bonds. The number of para-hydroxylation sites is 1. The Kier molecular flexibility index (Phi) is 6.37. The summed E-state index contributed by atoms with van der Waals surface area (Å²) in [7, 11) is 0. The van der Waals surface area contributed by atoms with E-state index in [1.165, 1.54) is 11.8 Å². The molecule has 0 spiro atoms. The first-order valence-electron chi connectivity index (χ1n) is 10.2. The lowest BCUT2D eigenvalue weighted by Gasteiger charge is -2.38. The predicted octanol–water partition coefficient (Wildman–Crippen LogP) is 3.84. The minimum absolute atomic E-state index is 0.0210. The molecule has 7 heteroatoms. The Bertz CT molecular complexity index is 926. The first kappa shape index (κ1) is 21.2. The number of benzene rings is 2. The second-order valence-corrected chi connectivity index (χ2v) is 9.53. The Labute approximate surface area is 185 Å². The summed E-state index contributed by atoms with van der Waals surface area (Å²) >= 11 is 7.35. The predicted molar refractivity (Wildman–Crippen MR) is 121 cm³/mol. The maximum Gasteiger partial charge on any atom is 0.237 e. The molecular formula is C23H25ClN2O3S. The van der Waals surface area contributed by atoms with Crippen molar-refractivity contribution in [1.82, 2.24) is 4.90 Å². The molecule has 0 radical (unpaired) electrons. The number of piperidine rings is 1. The number of carbonyl (C=O) groups is 2. The van der Waals surface area contributed by atoms with E-state index < -0.39 is 5.60 Å². The summed E-state index contributed by atoms with van der Waals surface area (Å²) in [5, 5.41) is 14.4. The van der Waals surface area contributed by atoms with E-state index in [1.54, 1.807) is 17.0 Å². The largest absolute Gasteiger partial charge is 0.385 e. The SMILES string of the molecule is O=C1Nc2ccccc2CC[C@H]1SCC(=O)N1CCC(O)(c2ccc(Cl)cc2)CC1.